The number of hydrogen-bond acceptors (Lipinski definition) is 6. The van der Waals surface area contributed by atoms with Crippen LogP contribution in [-0.2, 0) is 14.4 Å². The second kappa shape index (κ2) is 9.89. The third-order valence-electron chi connectivity index (χ3n) is 5.91. The van der Waals surface area contributed by atoms with E-state index in [9.17, 15) is 18.8 Å². The molecular formula is C24H26FN5O3. The van der Waals surface area contributed by atoms with Crippen molar-refractivity contribution in [3.05, 3.63) is 53.9 Å². The summed E-state index contributed by atoms with van der Waals surface area (Å²) in [6.45, 7) is 0.456. The van der Waals surface area contributed by atoms with Crippen LogP contribution in [0, 0.1) is 5.82 Å². The molecule has 0 aromatic carbocycles. The lowest BCUT2D eigenvalue weighted by molar-refractivity contribution is -0.128. The van der Waals surface area contributed by atoms with Crippen LogP contribution in [0.4, 0.5) is 10.2 Å². The highest BCUT2D eigenvalue weighted by Crippen LogP contribution is 2.29. The first-order valence-electron chi connectivity index (χ1n) is 11.0. The molecular weight excluding hydrogens is 425 g/mol. The van der Waals surface area contributed by atoms with Gasteiger partial charge in [0.05, 0.1) is 12.7 Å². The van der Waals surface area contributed by atoms with Crippen LogP contribution in [0.2, 0.25) is 0 Å². The fraction of sp³-hybridized carbons (Fsp3) is 0.375. The smallest absolute Gasteiger partial charge is 0.270 e. The van der Waals surface area contributed by atoms with Gasteiger partial charge in [-0.1, -0.05) is 0 Å². The summed E-state index contributed by atoms with van der Waals surface area (Å²) in [6, 6.07) is 4.90. The number of allylic oxidation sites excluding steroid dienone is 1. The van der Waals surface area contributed by atoms with Crippen molar-refractivity contribution in [1.29, 1.82) is 0 Å². The average Bonchev–Trinajstić information content (AvgIpc) is 3.66. The minimum absolute atomic E-state index is 0.0613. The van der Waals surface area contributed by atoms with Gasteiger partial charge in [-0.05, 0) is 50.3 Å². The minimum Gasteiger partial charge on any atom is -0.357 e. The number of nitrogens with one attached hydrogen (secondary N) is 1. The predicted octanol–water partition coefficient (Wildman–Crippen LogP) is 2.78. The van der Waals surface area contributed by atoms with Crippen LogP contribution in [0.3, 0.4) is 0 Å². The first-order chi connectivity index (χ1) is 16.0. The number of aromatic nitrogens is 2. The number of likely N-dealkylation sites (N-methyl/N-ethyl adjacent to an activating group) is 1. The number of nitrogens with zero attached hydrogens (tertiary/aromatic N) is 4. The minimum atomic E-state index is -0.442. The van der Waals surface area contributed by atoms with Crippen LogP contribution in [0.15, 0.2) is 48.1 Å². The van der Waals surface area contributed by atoms with Gasteiger partial charge >= 0.3 is 0 Å². The molecule has 0 bridgehead atoms. The molecule has 8 nitrogen and oxygen atoms in total. The molecule has 2 aromatic rings. The van der Waals surface area contributed by atoms with Crippen LogP contribution in [-0.4, -0.2) is 64.0 Å². The Morgan fingerprint density at radius 1 is 1.21 bits per heavy atom. The zero-order valence-electron chi connectivity index (χ0n) is 18.5. The monoisotopic (exact) mass is 451 g/mol. The molecule has 1 aliphatic carbocycles. The van der Waals surface area contributed by atoms with Crippen molar-refractivity contribution in [3.8, 4) is 11.1 Å². The Bertz CT molecular complexity index is 1080. The molecule has 0 radical (unpaired) electrons. The number of carbonyl (C=O) groups is 3. The quantitative estimate of drug-likeness (QED) is 0.651. The molecule has 2 aliphatic rings. The van der Waals surface area contributed by atoms with Gasteiger partial charge < -0.3 is 15.1 Å². The van der Waals surface area contributed by atoms with E-state index in [1.807, 2.05) is 0 Å². The van der Waals surface area contributed by atoms with Crippen LogP contribution >= 0.6 is 0 Å². The molecule has 0 atom stereocenters. The molecule has 1 fully saturated rings. The van der Waals surface area contributed by atoms with Gasteiger partial charge in [-0.2, -0.15) is 0 Å². The largest absolute Gasteiger partial charge is 0.357 e. The van der Waals surface area contributed by atoms with E-state index in [2.05, 4.69) is 15.3 Å². The summed E-state index contributed by atoms with van der Waals surface area (Å²) in [7, 11) is 1.75. The molecule has 3 heterocycles. The Kier molecular flexibility index (Phi) is 6.76. The summed E-state index contributed by atoms with van der Waals surface area (Å²) in [5, 5.41) is 2.74. The molecule has 1 aliphatic heterocycles. The van der Waals surface area contributed by atoms with Crippen LogP contribution in [0.5, 0.6) is 0 Å². The maximum Gasteiger partial charge on any atom is 0.270 e. The lowest BCUT2D eigenvalue weighted by Crippen LogP contribution is -2.41. The summed E-state index contributed by atoms with van der Waals surface area (Å²) in [5.41, 5.74) is 2.03. The standard InChI is InChI=1S/C24H26FN5O3/c1-29(20-6-7-20)24(33)23-17(15-31)4-2-3-9-30(23)14-22(32)28-21-8-5-16(12-27-21)18-10-19(25)13-26-11-18/h5,8,10-13,15,20H,2-4,6-7,9,14H2,1H3,(H,27,28,32). The number of anilines is 1. The molecule has 0 unspecified atom stereocenters. The van der Waals surface area contributed by atoms with Crippen molar-refractivity contribution >= 4 is 23.9 Å². The van der Waals surface area contributed by atoms with Gasteiger partial charge in [-0.25, -0.2) is 9.37 Å². The summed E-state index contributed by atoms with van der Waals surface area (Å²) in [5.74, 6) is -0.650. The Hall–Kier alpha value is -3.62. The number of carbonyl (C=O) groups excluding carboxylic acids is 3. The summed E-state index contributed by atoms with van der Waals surface area (Å²) in [4.78, 5) is 49.1. The summed E-state index contributed by atoms with van der Waals surface area (Å²) < 4.78 is 13.4. The fourth-order valence-corrected chi connectivity index (χ4v) is 3.96. The van der Waals surface area contributed by atoms with E-state index in [-0.39, 0.29) is 24.4 Å². The highest BCUT2D eigenvalue weighted by Gasteiger charge is 2.35. The molecule has 33 heavy (non-hydrogen) atoms. The lowest BCUT2D eigenvalue weighted by atomic mass is 10.1. The highest BCUT2D eigenvalue weighted by atomic mass is 19.1. The maximum atomic E-state index is 13.4. The topological polar surface area (TPSA) is 95.5 Å². The molecule has 0 saturated heterocycles. The molecule has 172 valence electrons. The zero-order chi connectivity index (χ0) is 23.4. The number of halogens is 1. The number of amides is 2. The second-order valence-electron chi connectivity index (χ2n) is 8.39. The summed E-state index contributed by atoms with van der Waals surface area (Å²) >= 11 is 0. The van der Waals surface area contributed by atoms with Crippen molar-refractivity contribution < 1.29 is 18.8 Å². The maximum absolute atomic E-state index is 13.4. The number of pyridine rings is 2. The van der Waals surface area contributed by atoms with Gasteiger partial charge in [0.1, 0.15) is 23.6 Å². The van der Waals surface area contributed by atoms with E-state index in [1.54, 1.807) is 29.0 Å². The molecule has 4 rings (SSSR count). The molecule has 2 aromatic heterocycles. The van der Waals surface area contributed by atoms with Gasteiger partial charge in [-0.15, -0.1) is 0 Å². The second-order valence-corrected chi connectivity index (χ2v) is 8.39. The van der Waals surface area contributed by atoms with E-state index >= 15 is 0 Å². The van der Waals surface area contributed by atoms with E-state index in [1.165, 1.54) is 18.5 Å². The molecule has 2 amide bonds. The zero-order valence-corrected chi connectivity index (χ0v) is 18.5. The van der Waals surface area contributed by atoms with Gasteiger partial charge in [0.2, 0.25) is 5.91 Å². The van der Waals surface area contributed by atoms with Crippen molar-refractivity contribution in [1.82, 2.24) is 19.8 Å². The van der Waals surface area contributed by atoms with Gasteiger partial charge in [-0.3, -0.25) is 19.4 Å². The average molecular weight is 452 g/mol. The first-order valence-corrected chi connectivity index (χ1v) is 11.0. The number of aldehydes is 1. The van der Waals surface area contributed by atoms with E-state index < -0.39 is 5.82 Å². The van der Waals surface area contributed by atoms with Crippen LogP contribution < -0.4 is 5.32 Å². The Labute approximate surface area is 191 Å². The summed E-state index contributed by atoms with van der Waals surface area (Å²) in [6.07, 6.45) is 8.94. The van der Waals surface area contributed by atoms with Crippen LogP contribution in [0.25, 0.3) is 11.1 Å². The third-order valence-corrected chi connectivity index (χ3v) is 5.91. The van der Waals surface area contributed by atoms with Crippen molar-refractivity contribution in [2.24, 2.45) is 0 Å². The molecule has 9 heteroatoms. The SMILES string of the molecule is CN(C(=O)C1=C(C=O)CCCCN1CC(=O)Nc1ccc(-c2cncc(F)c2)cn1)C1CC1. The van der Waals surface area contributed by atoms with E-state index in [0.29, 0.717) is 41.2 Å². The number of hydrogen-bond donors (Lipinski definition) is 1. The van der Waals surface area contributed by atoms with E-state index in [0.717, 1.165) is 38.2 Å². The predicted molar refractivity (Wildman–Crippen MR) is 120 cm³/mol. The third kappa shape index (κ3) is 5.42. The highest BCUT2D eigenvalue weighted by molar-refractivity contribution is 6.00. The molecule has 1 saturated carbocycles. The van der Waals surface area contributed by atoms with Gasteiger partial charge in [0, 0.05) is 48.7 Å². The Balaban J connectivity index is 1.46. The van der Waals surface area contributed by atoms with E-state index in [4.69, 9.17) is 0 Å². The van der Waals surface area contributed by atoms with Crippen LogP contribution in [0.1, 0.15) is 32.1 Å². The Morgan fingerprint density at radius 2 is 2.03 bits per heavy atom. The molecule has 0 spiro atoms. The normalized spacial score (nSPS) is 16.2. The van der Waals surface area contributed by atoms with Crippen molar-refractivity contribution in [2.75, 3.05) is 25.5 Å². The number of rotatable bonds is 7. The Morgan fingerprint density at radius 3 is 2.70 bits per heavy atom. The van der Waals surface area contributed by atoms with Crippen molar-refractivity contribution in [2.45, 2.75) is 38.1 Å². The van der Waals surface area contributed by atoms with Gasteiger partial charge in [0.25, 0.3) is 5.91 Å². The van der Waals surface area contributed by atoms with Crippen molar-refractivity contribution in [3.63, 3.8) is 0 Å². The molecule has 1 N–H and O–H groups in total. The lowest BCUT2D eigenvalue weighted by Gasteiger charge is -2.29. The fourth-order valence-electron chi connectivity index (χ4n) is 3.96. The first kappa shape index (κ1) is 22.6. The van der Waals surface area contributed by atoms with Gasteiger partial charge in [0.15, 0.2) is 0 Å².